The zero-order chi connectivity index (χ0) is 42.7. The minimum absolute atomic E-state index is 0.0236. The Kier molecular flexibility index (Phi) is 41.5. The zero-order valence-electron chi connectivity index (χ0n) is 38.7. The molecule has 0 heterocycles. The Labute approximate surface area is 359 Å². The fourth-order valence-electron chi connectivity index (χ4n) is 6.62. The van der Waals surface area contributed by atoms with Crippen molar-refractivity contribution in [3.63, 3.8) is 0 Å². The van der Waals surface area contributed by atoms with E-state index in [2.05, 4.69) is 50.3 Å². The van der Waals surface area contributed by atoms with E-state index in [4.69, 9.17) is 18.5 Å². The molecule has 9 heteroatoms. The third kappa shape index (κ3) is 45.8. The Balaban J connectivity index is 4.16. The lowest BCUT2D eigenvalue weighted by molar-refractivity contribution is -0.870. The van der Waals surface area contributed by atoms with Crippen LogP contribution < -0.4 is 4.89 Å². The predicted octanol–water partition coefficient (Wildman–Crippen LogP) is 13.9. The molecule has 0 N–H and O–H groups in total. The Hall–Kier alpha value is -1.28. The van der Waals surface area contributed by atoms with E-state index in [1.165, 1.54) is 141 Å². The molecule has 0 rings (SSSR count). The van der Waals surface area contributed by atoms with Crippen LogP contribution in [0.25, 0.3) is 0 Å². The van der Waals surface area contributed by atoms with E-state index in [1.807, 2.05) is 21.1 Å². The summed E-state index contributed by atoms with van der Waals surface area (Å²) in [4.78, 5) is 25.1. The van der Waals surface area contributed by atoms with Gasteiger partial charge in [0, 0.05) is 13.0 Å². The third-order valence-electron chi connectivity index (χ3n) is 10.4. The van der Waals surface area contributed by atoms with Crippen molar-refractivity contribution < 1.29 is 37.3 Å². The van der Waals surface area contributed by atoms with Gasteiger partial charge in [0.2, 0.25) is 0 Å². The molecule has 0 radical (unpaired) electrons. The Morgan fingerprint density at radius 3 is 1.47 bits per heavy atom. The number of carbonyl (C=O) groups excluding carboxylic acids is 1. The summed E-state index contributed by atoms with van der Waals surface area (Å²) in [5.74, 6) is -0.339. The highest BCUT2D eigenvalue weighted by Gasteiger charge is 2.20. The van der Waals surface area contributed by atoms with Crippen LogP contribution in [0.2, 0.25) is 0 Å². The zero-order valence-corrected chi connectivity index (χ0v) is 39.6. The Bertz CT molecular complexity index is 1020. The first-order chi connectivity index (χ1) is 28.1. The highest BCUT2D eigenvalue weighted by molar-refractivity contribution is 7.45. The van der Waals surface area contributed by atoms with Gasteiger partial charge in [-0.1, -0.05) is 179 Å². The van der Waals surface area contributed by atoms with Crippen molar-refractivity contribution in [2.75, 3.05) is 54.1 Å². The third-order valence-corrected chi connectivity index (χ3v) is 11.4. The molecule has 0 aromatic carbocycles. The van der Waals surface area contributed by atoms with Crippen molar-refractivity contribution in [2.24, 2.45) is 0 Å². The standard InChI is InChI=1S/C49H94NO7P/c1-6-8-10-12-14-16-18-20-22-23-24-25-26-27-28-30-32-34-36-38-40-42-49(51)57-48(47-56-58(52,53)55-45-43-50(3,4)5)46-54-44-41-39-37-35-33-31-29-21-19-17-15-13-11-9-7-2/h13,15,19,21,23-24,48H,6-12,14,16-18,20,22,25-47H2,1-5H3/b15-13-,21-19-,24-23-. The van der Waals surface area contributed by atoms with Crippen LogP contribution in [-0.4, -0.2) is 70.7 Å². The number of phosphoric acid groups is 1. The molecular formula is C49H94NO7P. The van der Waals surface area contributed by atoms with Crippen LogP contribution in [0.15, 0.2) is 36.5 Å². The fourth-order valence-corrected chi connectivity index (χ4v) is 7.35. The summed E-state index contributed by atoms with van der Waals surface area (Å²) in [6, 6.07) is 0. The summed E-state index contributed by atoms with van der Waals surface area (Å²) in [5, 5.41) is 0. The first kappa shape index (κ1) is 56.7. The number of rotatable bonds is 45. The van der Waals surface area contributed by atoms with Gasteiger partial charge in [0.15, 0.2) is 0 Å². The van der Waals surface area contributed by atoms with E-state index in [-0.39, 0.29) is 25.8 Å². The molecule has 0 amide bonds. The van der Waals surface area contributed by atoms with E-state index in [9.17, 15) is 14.3 Å². The lowest BCUT2D eigenvalue weighted by Crippen LogP contribution is -2.37. The molecule has 0 aliphatic heterocycles. The van der Waals surface area contributed by atoms with Crippen LogP contribution in [0.3, 0.4) is 0 Å². The monoisotopic (exact) mass is 840 g/mol. The highest BCUT2D eigenvalue weighted by Crippen LogP contribution is 2.38. The largest absolute Gasteiger partial charge is 0.756 e. The molecule has 0 bridgehead atoms. The maximum atomic E-state index is 12.7. The summed E-state index contributed by atoms with van der Waals surface area (Å²) in [5.41, 5.74) is 0. The Morgan fingerprint density at radius 1 is 0.534 bits per heavy atom. The molecule has 0 saturated heterocycles. The molecule has 58 heavy (non-hydrogen) atoms. The number of hydrogen-bond acceptors (Lipinski definition) is 7. The predicted molar refractivity (Wildman–Crippen MR) is 245 cm³/mol. The first-order valence-electron chi connectivity index (χ1n) is 24.2. The lowest BCUT2D eigenvalue weighted by atomic mass is 10.1. The normalized spacial score (nSPS) is 14.0. The van der Waals surface area contributed by atoms with Crippen molar-refractivity contribution in [1.82, 2.24) is 0 Å². The molecule has 0 saturated carbocycles. The van der Waals surface area contributed by atoms with E-state index >= 15 is 0 Å². The fraction of sp³-hybridized carbons (Fsp3) is 0.857. The number of allylic oxidation sites excluding steroid dienone is 6. The number of likely N-dealkylation sites (N-methyl/N-ethyl adjacent to an activating group) is 1. The summed E-state index contributed by atoms with van der Waals surface area (Å²) in [6.07, 6.45) is 50.2. The number of nitrogens with zero attached hydrogens (tertiary/aromatic N) is 1. The van der Waals surface area contributed by atoms with Gasteiger partial charge in [0.1, 0.15) is 19.3 Å². The van der Waals surface area contributed by atoms with Crippen LogP contribution in [0, 0.1) is 0 Å². The van der Waals surface area contributed by atoms with Crippen LogP contribution in [0.1, 0.15) is 213 Å². The van der Waals surface area contributed by atoms with E-state index < -0.39 is 13.9 Å². The molecule has 2 atom stereocenters. The van der Waals surface area contributed by atoms with Crippen LogP contribution in [0.4, 0.5) is 0 Å². The smallest absolute Gasteiger partial charge is 0.306 e. The van der Waals surface area contributed by atoms with Crippen molar-refractivity contribution >= 4 is 13.8 Å². The van der Waals surface area contributed by atoms with Gasteiger partial charge >= 0.3 is 5.97 Å². The molecule has 0 spiro atoms. The van der Waals surface area contributed by atoms with Gasteiger partial charge in [0.05, 0.1) is 34.4 Å². The van der Waals surface area contributed by atoms with Gasteiger partial charge in [-0.15, -0.1) is 0 Å². The summed E-state index contributed by atoms with van der Waals surface area (Å²) < 4.78 is 34.7. The molecular weight excluding hydrogens is 746 g/mol. The number of esters is 1. The molecule has 342 valence electrons. The summed E-state index contributed by atoms with van der Waals surface area (Å²) in [7, 11) is 1.35. The Morgan fingerprint density at radius 2 is 0.966 bits per heavy atom. The van der Waals surface area contributed by atoms with Gasteiger partial charge in [0.25, 0.3) is 7.82 Å². The lowest BCUT2D eigenvalue weighted by Gasteiger charge is -2.28. The summed E-state index contributed by atoms with van der Waals surface area (Å²) in [6.45, 7) is 5.37. The SMILES string of the molecule is CCCC/C=C\C/C=C\CCCCCCCCOCC(COP(=O)([O-])OCC[N+](C)(C)C)OC(=O)CCCCCCCCCCC/C=C\CCCCCCCCCC. The maximum Gasteiger partial charge on any atom is 0.306 e. The van der Waals surface area contributed by atoms with Crippen LogP contribution >= 0.6 is 7.82 Å². The van der Waals surface area contributed by atoms with E-state index in [0.717, 1.165) is 51.4 Å². The van der Waals surface area contributed by atoms with Gasteiger partial charge < -0.3 is 27.9 Å². The molecule has 0 aromatic rings. The number of ether oxygens (including phenoxy) is 2. The van der Waals surface area contributed by atoms with E-state index in [1.54, 1.807) is 0 Å². The average Bonchev–Trinajstić information content (AvgIpc) is 3.18. The second-order valence-electron chi connectivity index (χ2n) is 17.5. The number of carbonyl (C=O) groups is 1. The topological polar surface area (TPSA) is 94.1 Å². The first-order valence-corrected chi connectivity index (χ1v) is 25.7. The maximum absolute atomic E-state index is 12.7. The molecule has 0 aliphatic carbocycles. The average molecular weight is 840 g/mol. The molecule has 0 aliphatic rings. The van der Waals surface area contributed by atoms with Crippen molar-refractivity contribution in [3.05, 3.63) is 36.5 Å². The van der Waals surface area contributed by atoms with Crippen molar-refractivity contribution in [3.8, 4) is 0 Å². The number of phosphoric ester groups is 1. The summed E-state index contributed by atoms with van der Waals surface area (Å²) >= 11 is 0. The van der Waals surface area contributed by atoms with Crippen molar-refractivity contribution in [2.45, 2.75) is 219 Å². The molecule has 0 aromatic heterocycles. The molecule has 8 nitrogen and oxygen atoms in total. The van der Waals surface area contributed by atoms with Crippen molar-refractivity contribution in [1.29, 1.82) is 0 Å². The highest BCUT2D eigenvalue weighted by atomic mass is 31.2. The van der Waals surface area contributed by atoms with Crippen LogP contribution in [-0.2, 0) is 27.9 Å². The van der Waals surface area contributed by atoms with Gasteiger partial charge in [-0.25, -0.2) is 0 Å². The van der Waals surface area contributed by atoms with Gasteiger partial charge in [-0.3, -0.25) is 9.36 Å². The minimum atomic E-state index is -4.53. The quantitative estimate of drug-likeness (QED) is 0.0198. The van der Waals surface area contributed by atoms with Crippen LogP contribution in [0.5, 0.6) is 0 Å². The number of quaternary nitrogens is 1. The molecule has 2 unspecified atom stereocenters. The van der Waals surface area contributed by atoms with Gasteiger partial charge in [-0.2, -0.15) is 0 Å². The number of hydrogen-bond donors (Lipinski definition) is 0. The van der Waals surface area contributed by atoms with Gasteiger partial charge in [-0.05, 0) is 64.2 Å². The van der Waals surface area contributed by atoms with E-state index in [0.29, 0.717) is 24.1 Å². The number of unbranched alkanes of at least 4 members (excludes halogenated alkanes) is 25. The second kappa shape index (κ2) is 42.4. The molecule has 0 fully saturated rings. The minimum Gasteiger partial charge on any atom is -0.756 e. The second-order valence-corrected chi connectivity index (χ2v) is 18.9.